The first kappa shape index (κ1) is 24.8. The topological polar surface area (TPSA) is 100 Å². The first-order valence-corrected chi connectivity index (χ1v) is 12.7. The Bertz CT molecular complexity index is 1200. The van der Waals surface area contributed by atoms with Crippen molar-refractivity contribution in [2.45, 2.75) is 18.9 Å². The number of amides is 2. The number of halogens is 2. The van der Waals surface area contributed by atoms with Gasteiger partial charge >= 0.3 is 0 Å². The fourth-order valence-electron chi connectivity index (χ4n) is 3.77. The van der Waals surface area contributed by atoms with Gasteiger partial charge in [-0.15, -0.1) is 0 Å². The van der Waals surface area contributed by atoms with E-state index in [0.717, 1.165) is 18.4 Å². The number of benzene rings is 1. The Morgan fingerprint density at radius 2 is 1.91 bits per heavy atom. The van der Waals surface area contributed by atoms with Crippen LogP contribution >= 0.6 is 27.5 Å². The number of nitrogens with one attached hydrogen (secondary N) is 2. The first-order valence-electron chi connectivity index (χ1n) is 11.2. The molecule has 2 amide bonds. The molecule has 3 heterocycles. The highest BCUT2D eigenvalue weighted by atomic mass is 79.9. The molecular weight excluding hydrogens is 532 g/mol. The smallest absolute Gasteiger partial charge is 0.253 e. The summed E-state index contributed by atoms with van der Waals surface area (Å²) in [5.41, 5.74) is 2.68. The van der Waals surface area contributed by atoms with Gasteiger partial charge in [0.25, 0.3) is 5.91 Å². The van der Waals surface area contributed by atoms with Crippen molar-refractivity contribution in [1.29, 1.82) is 0 Å². The maximum atomic E-state index is 12.9. The summed E-state index contributed by atoms with van der Waals surface area (Å²) in [4.78, 5) is 39.6. The van der Waals surface area contributed by atoms with E-state index in [1.54, 1.807) is 48.9 Å². The molecule has 4 rings (SSSR count). The summed E-state index contributed by atoms with van der Waals surface area (Å²) in [7, 11) is 0. The molecule has 2 aromatic heterocycles. The van der Waals surface area contributed by atoms with Gasteiger partial charge in [-0.05, 0) is 49.2 Å². The lowest BCUT2D eigenvalue weighted by molar-refractivity contribution is -0.111. The molecule has 3 aromatic rings. The highest BCUT2D eigenvalue weighted by molar-refractivity contribution is 9.09. The first-order chi connectivity index (χ1) is 17.0. The molecule has 2 N–H and O–H groups in total. The molecule has 0 spiro atoms. The Labute approximate surface area is 217 Å². The zero-order valence-corrected chi connectivity index (χ0v) is 21.2. The molecule has 1 fully saturated rings. The summed E-state index contributed by atoms with van der Waals surface area (Å²) >= 11 is 9.53. The highest BCUT2D eigenvalue weighted by Gasteiger charge is 2.24. The fraction of sp³-hybridized carbons (Fsp3) is 0.240. The molecule has 1 aliphatic heterocycles. The maximum Gasteiger partial charge on any atom is 0.253 e. The molecule has 10 heteroatoms. The molecule has 1 aromatic carbocycles. The number of carbonyl (C=O) groups is 2. The second-order valence-corrected chi connectivity index (χ2v) is 9.02. The quantitative estimate of drug-likeness (QED) is 0.321. The molecule has 0 radical (unpaired) electrons. The van der Waals surface area contributed by atoms with Crippen molar-refractivity contribution in [2.24, 2.45) is 0 Å². The standard InChI is InChI=1S/C25H24BrClN6O2/c26-11-1-4-22(34)30-19-7-5-17(6-8-19)24(35)33-13-9-20(10-14-33)31-25-29-16-21(27)23(32-25)18-3-2-12-28-15-18/h1-8,12,15-16,20H,9-11,13-14H2,(H,30,34)(H,29,31,32). The van der Waals surface area contributed by atoms with Gasteiger partial charge in [-0.3, -0.25) is 14.6 Å². The van der Waals surface area contributed by atoms with E-state index >= 15 is 0 Å². The molecule has 0 bridgehead atoms. The second-order valence-electron chi connectivity index (χ2n) is 7.97. The number of hydrogen-bond donors (Lipinski definition) is 2. The third-order valence-corrected chi connectivity index (χ3v) is 6.20. The van der Waals surface area contributed by atoms with E-state index in [1.165, 1.54) is 6.08 Å². The number of pyridine rings is 1. The number of rotatable bonds is 7. The van der Waals surface area contributed by atoms with Crippen LogP contribution in [0.4, 0.5) is 11.6 Å². The zero-order valence-electron chi connectivity index (χ0n) is 18.8. The lowest BCUT2D eigenvalue weighted by Gasteiger charge is -2.32. The largest absolute Gasteiger partial charge is 0.351 e. The highest BCUT2D eigenvalue weighted by Crippen LogP contribution is 2.26. The van der Waals surface area contributed by atoms with Crippen molar-refractivity contribution < 1.29 is 9.59 Å². The summed E-state index contributed by atoms with van der Waals surface area (Å²) in [6.07, 6.45) is 9.71. The van der Waals surface area contributed by atoms with Gasteiger partial charge < -0.3 is 15.5 Å². The van der Waals surface area contributed by atoms with E-state index < -0.39 is 0 Å². The number of nitrogens with zero attached hydrogens (tertiary/aromatic N) is 4. The molecule has 0 atom stereocenters. The monoisotopic (exact) mass is 554 g/mol. The number of anilines is 2. The average molecular weight is 556 g/mol. The van der Waals surface area contributed by atoms with Crippen molar-refractivity contribution in [2.75, 3.05) is 29.1 Å². The van der Waals surface area contributed by atoms with E-state index in [1.807, 2.05) is 17.0 Å². The van der Waals surface area contributed by atoms with Gasteiger partial charge in [0, 0.05) is 59.7 Å². The number of aromatic nitrogens is 3. The molecule has 1 aliphatic rings. The van der Waals surface area contributed by atoms with Crippen LogP contribution in [0.25, 0.3) is 11.3 Å². The molecule has 180 valence electrons. The molecular formula is C25H24BrClN6O2. The molecule has 8 nitrogen and oxygen atoms in total. The summed E-state index contributed by atoms with van der Waals surface area (Å²) in [5, 5.41) is 7.21. The van der Waals surface area contributed by atoms with Gasteiger partial charge in [0.1, 0.15) is 0 Å². The Kier molecular flexibility index (Phi) is 8.44. The Morgan fingerprint density at radius 1 is 1.14 bits per heavy atom. The van der Waals surface area contributed by atoms with Crippen LogP contribution < -0.4 is 10.6 Å². The third-order valence-electron chi connectivity index (χ3n) is 5.55. The Hall–Kier alpha value is -3.30. The molecule has 0 aliphatic carbocycles. The zero-order chi connectivity index (χ0) is 24.6. The van der Waals surface area contributed by atoms with Crippen LogP contribution in [-0.4, -0.2) is 56.1 Å². The minimum atomic E-state index is -0.213. The van der Waals surface area contributed by atoms with E-state index in [9.17, 15) is 9.59 Å². The molecule has 35 heavy (non-hydrogen) atoms. The lowest BCUT2D eigenvalue weighted by atomic mass is 10.0. The van der Waals surface area contributed by atoms with Crippen LogP contribution in [0.15, 0.2) is 67.1 Å². The van der Waals surface area contributed by atoms with Crippen LogP contribution in [0.3, 0.4) is 0 Å². The van der Waals surface area contributed by atoms with Crippen molar-refractivity contribution in [3.63, 3.8) is 0 Å². The van der Waals surface area contributed by atoms with E-state index in [2.05, 4.69) is 41.5 Å². The molecule has 0 unspecified atom stereocenters. The van der Waals surface area contributed by atoms with Gasteiger partial charge in [-0.2, -0.15) is 0 Å². The van der Waals surface area contributed by atoms with Crippen LogP contribution in [0.2, 0.25) is 5.02 Å². The summed E-state index contributed by atoms with van der Waals surface area (Å²) in [6, 6.07) is 10.8. The fourth-order valence-corrected chi connectivity index (χ4v) is 4.15. The van der Waals surface area contributed by atoms with Gasteiger partial charge in [0.2, 0.25) is 11.9 Å². The Morgan fingerprint density at radius 3 is 2.60 bits per heavy atom. The lowest BCUT2D eigenvalue weighted by Crippen LogP contribution is -2.42. The van der Waals surface area contributed by atoms with Crippen molar-refractivity contribution in [3.05, 3.63) is 77.7 Å². The van der Waals surface area contributed by atoms with Gasteiger partial charge in [0.15, 0.2) is 0 Å². The average Bonchev–Trinajstić information content (AvgIpc) is 2.89. The minimum Gasteiger partial charge on any atom is -0.351 e. The van der Waals surface area contributed by atoms with Crippen LogP contribution in [0, 0.1) is 0 Å². The number of alkyl halides is 1. The minimum absolute atomic E-state index is 0.0258. The second kappa shape index (κ2) is 11.9. The summed E-state index contributed by atoms with van der Waals surface area (Å²) in [5.74, 6) is 0.263. The SMILES string of the molecule is O=C(C=CCBr)Nc1ccc(C(=O)N2CCC(Nc3ncc(Cl)c(-c4cccnc4)n3)CC2)cc1. The van der Waals surface area contributed by atoms with Crippen molar-refractivity contribution >= 4 is 51.0 Å². The van der Waals surface area contributed by atoms with Gasteiger partial charge in [0.05, 0.1) is 16.9 Å². The predicted molar refractivity (Wildman–Crippen MR) is 141 cm³/mol. The van der Waals surface area contributed by atoms with Crippen LogP contribution in [-0.2, 0) is 4.79 Å². The maximum absolute atomic E-state index is 12.9. The number of hydrogen-bond acceptors (Lipinski definition) is 6. The summed E-state index contributed by atoms with van der Waals surface area (Å²) in [6.45, 7) is 1.24. The number of allylic oxidation sites excluding steroid dienone is 1. The van der Waals surface area contributed by atoms with Crippen LogP contribution in [0.5, 0.6) is 0 Å². The van der Waals surface area contributed by atoms with Crippen molar-refractivity contribution in [1.82, 2.24) is 19.9 Å². The number of likely N-dealkylation sites (tertiary alicyclic amines) is 1. The van der Waals surface area contributed by atoms with Crippen LogP contribution in [0.1, 0.15) is 23.2 Å². The third kappa shape index (κ3) is 6.64. The van der Waals surface area contributed by atoms with E-state index in [0.29, 0.717) is 46.3 Å². The van der Waals surface area contributed by atoms with E-state index in [4.69, 9.17) is 11.6 Å². The van der Waals surface area contributed by atoms with E-state index in [-0.39, 0.29) is 17.9 Å². The molecule has 1 saturated heterocycles. The van der Waals surface area contributed by atoms with Crippen molar-refractivity contribution in [3.8, 4) is 11.3 Å². The predicted octanol–water partition coefficient (Wildman–Crippen LogP) is 4.80. The normalized spacial score (nSPS) is 14.2. The number of carbonyl (C=O) groups excluding carboxylic acids is 2. The number of piperidine rings is 1. The molecule has 0 saturated carbocycles. The Balaban J connectivity index is 1.31. The van der Waals surface area contributed by atoms with Gasteiger partial charge in [-0.1, -0.05) is 33.6 Å². The summed E-state index contributed by atoms with van der Waals surface area (Å²) < 4.78 is 0. The van der Waals surface area contributed by atoms with Gasteiger partial charge in [-0.25, -0.2) is 9.97 Å².